The molecule has 6 N–H and O–H groups in total. The van der Waals surface area contributed by atoms with Gasteiger partial charge in [0.2, 0.25) is 5.91 Å². The van der Waals surface area contributed by atoms with E-state index in [0.29, 0.717) is 0 Å². The number of likely N-dealkylation sites (N-methyl/N-ethyl adjacent to an activating group) is 1. The largest absolute Gasteiger partial charge is 0.510 e. The number of anilines is 1. The van der Waals surface area contributed by atoms with Crippen molar-refractivity contribution in [3.63, 3.8) is 0 Å². The van der Waals surface area contributed by atoms with E-state index >= 15 is 4.39 Å². The predicted octanol–water partition coefficient (Wildman–Crippen LogP) is 0.853. The van der Waals surface area contributed by atoms with Crippen molar-refractivity contribution in [2.45, 2.75) is 44.1 Å². The predicted molar refractivity (Wildman–Crippen MR) is 135 cm³/mol. The lowest BCUT2D eigenvalue weighted by molar-refractivity contribution is -0.136. The van der Waals surface area contributed by atoms with E-state index in [-0.39, 0.29) is 60.3 Å². The number of aromatic hydroxyl groups is 1. The SMILES string of the molecule is CN(C)[C@@H]1C(O)=C(C(N)=O)C(=O)C2C(=O)C3=C(O)c4c(O)c5c(c(F)c4CC3CC21)CN1C[C@@H](F)C[C@H]1C(=O)N5. The van der Waals surface area contributed by atoms with Crippen molar-refractivity contribution < 1.29 is 43.3 Å². The zero-order chi connectivity index (χ0) is 28.9. The number of hydrogen-bond acceptors (Lipinski definition) is 9. The van der Waals surface area contributed by atoms with E-state index in [1.54, 1.807) is 19.0 Å². The van der Waals surface area contributed by atoms with Gasteiger partial charge in [-0.15, -0.1) is 0 Å². The molecule has 0 bridgehead atoms. The fourth-order valence-electron chi connectivity index (χ4n) is 7.40. The number of rotatable bonds is 2. The number of fused-ring (bicyclic) bond motifs is 5. The second-order valence-electron chi connectivity index (χ2n) is 11.4. The summed E-state index contributed by atoms with van der Waals surface area (Å²) in [5.74, 6) is -9.28. The van der Waals surface area contributed by atoms with Crippen molar-refractivity contribution in [3.8, 4) is 5.75 Å². The van der Waals surface area contributed by atoms with Gasteiger partial charge in [-0.2, -0.15) is 0 Å². The van der Waals surface area contributed by atoms with Gasteiger partial charge in [-0.3, -0.25) is 29.0 Å². The second-order valence-corrected chi connectivity index (χ2v) is 11.4. The third kappa shape index (κ3) is 3.46. The fraction of sp³-hybridized carbons (Fsp3) is 0.481. The molecule has 2 fully saturated rings. The number of aliphatic hydroxyl groups is 2. The van der Waals surface area contributed by atoms with Crippen molar-refractivity contribution in [3.05, 3.63) is 39.4 Å². The van der Waals surface area contributed by atoms with E-state index in [0.717, 1.165) is 0 Å². The lowest BCUT2D eigenvalue weighted by Crippen LogP contribution is -2.55. The molecule has 0 spiro atoms. The van der Waals surface area contributed by atoms with E-state index in [1.807, 2.05) is 0 Å². The highest BCUT2D eigenvalue weighted by Crippen LogP contribution is 2.53. The van der Waals surface area contributed by atoms with Gasteiger partial charge in [-0.25, -0.2) is 8.78 Å². The summed E-state index contributed by atoms with van der Waals surface area (Å²) in [4.78, 5) is 55.0. The maximum atomic E-state index is 16.1. The molecular formula is C27H28F2N4O7. The molecule has 1 saturated carbocycles. The van der Waals surface area contributed by atoms with Crippen LogP contribution in [0.25, 0.3) is 5.76 Å². The smallest absolute Gasteiger partial charge is 0.255 e. The Hall–Kier alpha value is -3.84. The highest BCUT2D eigenvalue weighted by atomic mass is 19.1. The van der Waals surface area contributed by atoms with Crippen LogP contribution in [0, 0.1) is 23.6 Å². The van der Waals surface area contributed by atoms with Gasteiger partial charge >= 0.3 is 0 Å². The van der Waals surface area contributed by atoms with E-state index in [1.165, 1.54) is 4.90 Å². The number of carbonyl (C=O) groups is 4. The molecule has 212 valence electrons. The van der Waals surface area contributed by atoms with E-state index in [2.05, 4.69) is 5.32 Å². The van der Waals surface area contributed by atoms with Crippen LogP contribution < -0.4 is 11.1 Å². The number of nitrogens with zero attached hydrogens (tertiary/aromatic N) is 2. The molecule has 0 aromatic heterocycles. The minimum Gasteiger partial charge on any atom is -0.510 e. The number of phenols is 1. The van der Waals surface area contributed by atoms with E-state index in [9.17, 15) is 38.9 Å². The summed E-state index contributed by atoms with van der Waals surface area (Å²) < 4.78 is 30.2. The van der Waals surface area contributed by atoms with Crippen LogP contribution in [0.2, 0.25) is 0 Å². The Morgan fingerprint density at radius 3 is 2.45 bits per heavy atom. The highest BCUT2D eigenvalue weighted by molar-refractivity contribution is 6.28. The molecule has 2 heterocycles. The highest BCUT2D eigenvalue weighted by Gasteiger charge is 2.56. The first-order valence-corrected chi connectivity index (χ1v) is 13.0. The van der Waals surface area contributed by atoms with Gasteiger partial charge in [0.25, 0.3) is 5.91 Å². The van der Waals surface area contributed by atoms with Crippen LogP contribution >= 0.6 is 0 Å². The van der Waals surface area contributed by atoms with Gasteiger partial charge in [-0.05, 0) is 38.8 Å². The maximum absolute atomic E-state index is 16.1. The lowest BCUT2D eigenvalue weighted by Gasteiger charge is -2.46. The molecular weight excluding hydrogens is 530 g/mol. The number of primary amides is 1. The Morgan fingerprint density at radius 1 is 1.10 bits per heavy atom. The summed E-state index contributed by atoms with van der Waals surface area (Å²) in [6, 6.07) is -1.77. The summed E-state index contributed by atoms with van der Waals surface area (Å²) in [5.41, 5.74) is 3.75. The molecule has 13 heteroatoms. The van der Waals surface area contributed by atoms with Gasteiger partial charge in [-0.1, -0.05) is 0 Å². The number of allylic oxidation sites excluding steroid dienone is 1. The fourth-order valence-corrected chi connectivity index (χ4v) is 7.40. The number of ketones is 2. The molecule has 0 radical (unpaired) electrons. The first kappa shape index (κ1) is 26.4. The number of nitrogens with one attached hydrogen (secondary N) is 1. The van der Waals surface area contributed by atoms with Crippen LogP contribution in [-0.2, 0) is 32.1 Å². The van der Waals surface area contributed by atoms with Crippen molar-refractivity contribution in [1.29, 1.82) is 0 Å². The molecule has 40 heavy (non-hydrogen) atoms. The Balaban J connectivity index is 1.49. The number of carbonyl (C=O) groups excluding carboxylic acids is 4. The molecule has 3 unspecified atom stereocenters. The monoisotopic (exact) mass is 558 g/mol. The number of benzene rings is 1. The topological polar surface area (TPSA) is 174 Å². The molecule has 11 nitrogen and oxygen atoms in total. The molecule has 1 saturated heterocycles. The zero-order valence-electron chi connectivity index (χ0n) is 21.7. The summed E-state index contributed by atoms with van der Waals surface area (Å²) in [7, 11) is 3.20. The maximum Gasteiger partial charge on any atom is 0.255 e. The minimum atomic E-state index is -1.44. The van der Waals surface area contributed by atoms with E-state index < -0.39 is 88.0 Å². The van der Waals surface area contributed by atoms with Gasteiger partial charge in [0, 0.05) is 36.2 Å². The summed E-state index contributed by atoms with van der Waals surface area (Å²) in [6.45, 7) is -0.224. The normalized spacial score (nSPS) is 31.8. The van der Waals surface area contributed by atoms with Crippen molar-refractivity contribution in [2.24, 2.45) is 23.5 Å². The van der Waals surface area contributed by atoms with Gasteiger partial charge in [0.05, 0.1) is 29.3 Å². The van der Waals surface area contributed by atoms with Crippen LogP contribution in [0.5, 0.6) is 5.75 Å². The number of amides is 2. The first-order valence-electron chi connectivity index (χ1n) is 13.0. The average Bonchev–Trinajstić information content (AvgIpc) is 3.17. The summed E-state index contributed by atoms with van der Waals surface area (Å²) in [5, 5.41) is 35.8. The summed E-state index contributed by atoms with van der Waals surface area (Å²) in [6.07, 6.45) is -1.39. The van der Waals surface area contributed by atoms with Crippen LogP contribution in [0.15, 0.2) is 16.9 Å². The third-order valence-corrected chi connectivity index (χ3v) is 9.03. The first-order chi connectivity index (χ1) is 18.8. The number of aliphatic hydroxyl groups excluding tert-OH is 2. The molecule has 1 aromatic carbocycles. The Labute approximate surface area is 226 Å². The van der Waals surface area contributed by atoms with Crippen molar-refractivity contribution in [2.75, 3.05) is 26.0 Å². The Morgan fingerprint density at radius 2 is 1.80 bits per heavy atom. The minimum absolute atomic E-state index is 0.0526. The van der Waals surface area contributed by atoms with Gasteiger partial charge in [0.1, 0.15) is 29.1 Å². The molecule has 2 amide bonds. The third-order valence-electron chi connectivity index (χ3n) is 9.03. The molecule has 3 aliphatic carbocycles. The van der Waals surface area contributed by atoms with Gasteiger partial charge in [0.15, 0.2) is 17.3 Å². The second kappa shape index (κ2) is 8.83. The van der Waals surface area contributed by atoms with Crippen molar-refractivity contribution in [1.82, 2.24) is 9.80 Å². The average molecular weight is 559 g/mol. The number of nitrogens with two attached hydrogens (primary N) is 1. The molecule has 6 atom stereocenters. The Bertz CT molecular complexity index is 1490. The lowest BCUT2D eigenvalue weighted by atomic mass is 9.59. The molecule has 1 aromatic rings. The quantitative estimate of drug-likeness (QED) is 0.200. The molecule has 6 rings (SSSR count). The Kier molecular flexibility index (Phi) is 5.83. The van der Waals surface area contributed by atoms with Crippen LogP contribution in [0.1, 0.15) is 29.5 Å². The molecule has 2 aliphatic heterocycles. The van der Waals surface area contributed by atoms with E-state index in [4.69, 9.17) is 5.73 Å². The van der Waals surface area contributed by atoms with Crippen molar-refractivity contribution >= 4 is 34.8 Å². The van der Waals surface area contributed by atoms with Crippen LogP contribution in [0.4, 0.5) is 14.5 Å². The number of alkyl halides is 1. The van der Waals surface area contributed by atoms with Gasteiger partial charge < -0.3 is 26.4 Å². The number of phenolic OH excluding ortho intramolecular Hbond substituents is 1. The van der Waals surface area contributed by atoms with Crippen LogP contribution in [-0.4, -0.2) is 87.4 Å². The number of halogens is 2. The number of hydrogen-bond donors (Lipinski definition) is 5. The number of Topliss-reactive ketones (excluding diaryl/α,β-unsaturated/α-hetero) is 2. The standard InChI is InChI=1S/C27H28F2N4O7/c1-32(2)20-11-4-8-3-10-15(21(34)14(8)22(35)16(11)23(36)17(25(20)38)26(30)39)24(37)19-12(18(10)29)7-33-6-9(28)5-13(33)27(40)31-19/h8-9,11,13,16,20,34,37-38H,3-7H2,1-2H3,(H2,30,39)(H,31,40)/t8?,9-,11?,13-,16?,20-/m0/s1. The van der Waals surface area contributed by atoms with Crippen LogP contribution in [0.3, 0.4) is 0 Å². The molecule has 5 aliphatic rings. The zero-order valence-corrected chi connectivity index (χ0v) is 21.7. The summed E-state index contributed by atoms with van der Waals surface area (Å²) >= 11 is 0.